The lowest BCUT2D eigenvalue weighted by Crippen LogP contribution is -2.56. The predicted octanol–water partition coefficient (Wildman–Crippen LogP) is 1.50. The molecule has 0 aromatic rings. The van der Waals surface area contributed by atoms with Crippen LogP contribution in [0.25, 0.3) is 0 Å². The Bertz CT molecular complexity index is 354. The molecule has 0 bridgehead atoms. The molecule has 1 aliphatic heterocycles. The van der Waals surface area contributed by atoms with Crippen LogP contribution in [0.15, 0.2) is 0 Å². The SMILES string of the molecule is C#CCCC(=O)N1CCCC(C)(C)C1C(=O)O. The van der Waals surface area contributed by atoms with Crippen molar-refractivity contribution in [2.75, 3.05) is 6.54 Å². The first-order chi connectivity index (χ1) is 7.90. The van der Waals surface area contributed by atoms with E-state index in [-0.39, 0.29) is 17.7 Å². The average molecular weight is 237 g/mol. The van der Waals surface area contributed by atoms with Gasteiger partial charge in [0.25, 0.3) is 0 Å². The molecule has 17 heavy (non-hydrogen) atoms. The van der Waals surface area contributed by atoms with E-state index in [0.29, 0.717) is 13.0 Å². The predicted molar refractivity (Wildman–Crippen MR) is 64.2 cm³/mol. The molecule has 1 heterocycles. The molecule has 1 amide bonds. The van der Waals surface area contributed by atoms with Crippen LogP contribution in [-0.2, 0) is 9.59 Å². The zero-order valence-electron chi connectivity index (χ0n) is 10.4. The summed E-state index contributed by atoms with van der Waals surface area (Å²) in [7, 11) is 0. The van der Waals surface area contributed by atoms with Gasteiger partial charge in [-0.1, -0.05) is 13.8 Å². The van der Waals surface area contributed by atoms with Crippen LogP contribution in [0.3, 0.4) is 0 Å². The molecule has 1 atom stereocenters. The highest BCUT2D eigenvalue weighted by atomic mass is 16.4. The van der Waals surface area contributed by atoms with E-state index in [9.17, 15) is 14.7 Å². The Morgan fingerprint density at radius 1 is 1.53 bits per heavy atom. The van der Waals surface area contributed by atoms with Crippen LogP contribution in [0.4, 0.5) is 0 Å². The van der Waals surface area contributed by atoms with Gasteiger partial charge in [-0.05, 0) is 18.3 Å². The van der Waals surface area contributed by atoms with Gasteiger partial charge in [-0.15, -0.1) is 12.3 Å². The lowest BCUT2D eigenvalue weighted by molar-refractivity contribution is -0.158. The van der Waals surface area contributed by atoms with Crippen molar-refractivity contribution >= 4 is 11.9 Å². The zero-order chi connectivity index (χ0) is 13.1. The molecule has 0 aliphatic carbocycles. The summed E-state index contributed by atoms with van der Waals surface area (Å²) in [5.41, 5.74) is -0.379. The quantitative estimate of drug-likeness (QED) is 0.757. The van der Waals surface area contributed by atoms with Crippen molar-refractivity contribution in [3.63, 3.8) is 0 Å². The summed E-state index contributed by atoms with van der Waals surface area (Å²) in [6, 6.07) is -0.735. The van der Waals surface area contributed by atoms with Gasteiger partial charge >= 0.3 is 5.97 Å². The van der Waals surface area contributed by atoms with Crippen LogP contribution >= 0.6 is 0 Å². The Hall–Kier alpha value is -1.50. The molecular formula is C13H19NO3. The van der Waals surface area contributed by atoms with Gasteiger partial charge in [-0.2, -0.15) is 0 Å². The number of piperidine rings is 1. The Morgan fingerprint density at radius 2 is 2.18 bits per heavy atom. The molecule has 4 heteroatoms. The van der Waals surface area contributed by atoms with Gasteiger partial charge in [0.15, 0.2) is 0 Å². The standard InChI is InChI=1S/C13H19NO3/c1-4-5-7-10(15)14-9-6-8-13(2,3)11(14)12(16)17/h1,11H,5-9H2,2-3H3,(H,16,17). The maximum absolute atomic E-state index is 11.9. The molecule has 1 unspecified atom stereocenters. The summed E-state index contributed by atoms with van der Waals surface area (Å²) < 4.78 is 0. The molecule has 1 rings (SSSR count). The number of carbonyl (C=O) groups is 2. The van der Waals surface area contributed by atoms with Crippen LogP contribution in [-0.4, -0.2) is 34.5 Å². The molecule has 94 valence electrons. The molecule has 0 aromatic heterocycles. The third-order valence-electron chi connectivity index (χ3n) is 3.31. The molecular weight excluding hydrogens is 218 g/mol. The van der Waals surface area contributed by atoms with Gasteiger partial charge in [0.2, 0.25) is 5.91 Å². The van der Waals surface area contributed by atoms with Crippen molar-refractivity contribution in [1.82, 2.24) is 4.90 Å². The van der Waals surface area contributed by atoms with Crippen LogP contribution in [0.5, 0.6) is 0 Å². The van der Waals surface area contributed by atoms with Crippen molar-refractivity contribution in [2.45, 2.75) is 45.6 Å². The first kappa shape index (κ1) is 13.6. The monoisotopic (exact) mass is 237 g/mol. The summed E-state index contributed by atoms with van der Waals surface area (Å²) in [5, 5.41) is 9.28. The van der Waals surface area contributed by atoms with Gasteiger partial charge < -0.3 is 10.0 Å². The first-order valence-corrected chi connectivity index (χ1v) is 5.86. The van der Waals surface area contributed by atoms with Gasteiger partial charge in [0.05, 0.1) is 0 Å². The topological polar surface area (TPSA) is 57.6 Å². The fraction of sp³-hybridized carbons (Fsp3) is 0.692. The minimum absolute atomic E-state index is 0.150. The lowest BCUT2D eigenvalue weighted by atomic mass is 9.76. The number of hydrogen-bond acceptors (Lipinski definition) is 2. The van der Waals surface area contributed by atoms with E-state index >= 15 is 0 Å². The van der Waals surface area contributed by atoms with Crippen molar-refractivity contribution in [2.24, 2.45) is 5.41 Å². The van der Waals surface area contributed by atoms with Gasteiger partial charge in [0, 0.05) is 19.4 Å². The third-order valence-corrected chi connectivity index (χ3v) is 3.31. The van der Waals surface area contributed by atoms with Crippen LogP contribution in [0.1, 0.15) is 39.5 Å². The Balaban J connectivity index is 2.85. The third kappa shape index (κ3) is 3.00. The molecule has 1 fully saturated rings. The number of likely N-dealkylation sites (tertiary alicyclic amines) is 1. The van der Waals surface area contributed by atoms with Crippen molar-refractivity contribution in [3.8, 4) is 12.3 Å². The molecule has 4 nitrogen and oxygen atoms in total. The molecule has 1 N–H and O–H groups in total. The fourth-order valence-electron chi connectivity index (χ4n) is 2.45. The number of hydrogen-bond donors (Lipinski definition) is 1. The largest absolute Gasteiger partial charge is 0.480 e. The van der Waals surface area contributed by atoms with E-state index in [4.69, 9.17) is 6.42 Å². The highest BCUT2D eigenvalue weighted by Crippen LogP contribution is 2.35. The Kier molecular flexibility index (Phi) is 4.17. The minimum atomic E-state index is -0.927. The maximum atomic E-state index is 11.9. The lowest BCUT2D eigenvalue weighted by Gasteiger charge is -2.44. The number of rotatable bonds is 3. The number of carbonyl (C=O) groups excluding carboxylic acids is 1. The van der Waals surface area contributed by atoms with E-state index in [2.05, 4.69) is 5.92 Å². The van der Waals surface area contributed by atoms with Gasteiger partial charge in [0.1, 0.15) is 6.04 Å². The van der Waals surface area contributed by atoms with Crippen molar-refractivity contribution in [1.29, 1.82) is 0 Å². The summed E-state index contributed by atoms with van der Waals surface area (Å²) in [6.07, 6.45) is 7.38. The van der Waals surface area contributed by atoms with E-state index in [0.717, 1.165) is 12.8 Å². The highest BCUT2D eigenvalue weighted by Gasteiger charge is 2.44. The van der Waals surface area contributed by atoms with Crippen molar-refractivity contribution < 1.29 is 14.7 Å². The Morgan fingerprint density at radius 3 is 2.71 bits per heavy atom. The van der Waals surface area contributed by atoms with E-state index in [1.165, 1.54) is 4.90 Å². The van der Waals surface area contributed by atoms with E-state index in [1.54, 1.807) is 0 Å². The minimum Gasteiger partial charge on any atom is -0.480 e. The fourth-order valence-corrected chi connectivity index (χ4v) is 2.45. The molecule has 0 spiro atoms. The second-order valence-electron chi connectivity index (χ2n) is 5.12. The highest BCUT2D eigenvalue weighted by molar-refractivity contribution is 5.84. The van der Waals surface area contributed by atoms with Gasteiger partial charge in [-0.25, -0.2) is 4.79 Å². The molecule has 0 radical (unpaired) electrons. The number of terminal acetylenes is 1. The van der Waals surface area contributed by atoms with Crippen LogP contribution in [0, 0.1) is 17.8 Å². The number of nitrogens with zero attached hydrogens (tertiary/aromatic N) is 1. The second kappa shape index (κ2) is 5.22. The van der Waals surface area contributed by atoms with Gasteiger partial charge in [-0.3, -0.25) is 4.79 Å². The average Bonchev–Trinajstić information content (AvgIpc) is 2.23. The normalized spacial score (nSPS) is 22.9. The molecule has 0 aromatic carbocycles. The van der Waals surface area contributed by atoms with Crippen LogP contribution in [0.2, 0.25) is 0 Å². The molecule has 1 saturated heterocycles. The molecule has 0 saturated carbocycles. The number of carboxylic acids is 1. The zero-order valence-corrected chi connectivity index (χ0v) is 10.4. The first-order valence-electron chi connectivity index (χ1n) is 5.86. The summed E-state index contributed by atoms with van der Waals surface area (Å²) in [6.45, 7) is 4.31. The van der Waals surface area contributed by atoms with Crippen LogP contribution < -0.4 is 0 Å². The molecule has 1 aliphatic rings. The summed E-state index contributed by atoms with van der Waals surface area (Å²) >= 11 is 0. The van der Waals surface area contributed by atoms with E-state index < -0.39 is 12.0 Å². The summed E-state index contributed by atoms with van der Waals surface area (Å²) in [4.78, 5) is 24.7. The second-order valence-corrected chi connectivity index (χ2v) is 5.12. The number of aliphatic carboxylic acids is 1. The van der Waals surface area contributed by atoms with Crippen molar-refractivity contribution in [3.05, 3.63) is 0 Å². The number of carboxylic acid groups (broad SMARTS) is 1. The Labute approximate surface area is 102 Å². The number of amides is 1. The maximum Gasteiger partial charge on any atom is 0.326 e. The smallest absolute Gasteiger partial charge is 0.326 e. The van der Waals surface area contributed by atoms with E-state index in [1.807, 2.05) is 13.8 Å². The summed E-state index contributed by atoms with van der Waals surface area (Å²) in [5.74, 6) is 1.33.